The Morgan fingerprint density at radius 1 is 1.10 bits per heavy atom. The third-order valence-electron chi connectivity index (χ3n) is 3.89. The van der Waals surface area contributed by atoms with Crippen LogP contribution in [-0.4, -0.2) is 44.2 Å². The quantitative estimate of drug-likeness (QED) is 0.586. The van der Waals surface area contributed by atoms with Crippen molar-refractivity contribution in [3.05, 3.63) is 53.7 Å². The van der Waals surface area contributed by atoms with E-state index >= 15 is 0 Å². The van der Waals surface area contributed by atoms with Crippen molar-refractivity contribution in [3.63, 3.8) is 0 Å². The van der Waals surface area contributed by atoms with Gasteiger partial charge in [-0.25, -0.2) is 4.98 Å². The van der Waals surface area contributed by atoms with Gasteiger partial charge in [-0.15, -0.1) is 10.2 Å². The highest BCUT2D eigenvalue weighted by Crippen LogP contribution is 2.28. The minimum atomic E-state index is -4.42. The molecule has 2 heterocycles. The number of anilines is 1. The molecule has 0 saturated carbocycles. The van der Waals surface area contributed by atoms with Crippen LogP contribution in [0.4, 0.5) is 19.0 Å². The summed E-state index contributed by atoms with van der Waals surface area (Å²) >= 11 is 0. The van der Waals surface area contributed by atoms with E-state index < -0.39 is 11.7 Å². The Kier molecular flexibility index (Phi) is 6.05. The van der Waals surface area contributed by atoms with Crippen molar-refractivity contribution in [2.45, 2.75) is 19.6 Å². The van der Waals surface area contributed by atoms with Crippen molar-refractivity contribution < 1.29 is 18.0 Å². The minimum Gasteiger partial charge on any atom is -0.368 e. The molecular weight excluding hydrogens is 387 g/mol. The van der Waals surface area contributed by atoms with Gasteiger partial charge in [0.25, 0.3) is 0 Å². The Labute approximate surface area is 164 Å². The molecule has 0 unspecified atom stereocenters. The summed E-state index contributed by atoms with van der Waals surface area (Å²) in [4.78, 5) is 16.8. The number of halogens is 3. The number of tetrazole rings is 1. The Balaban J connectivity index is 1.42. The highest BCUT2D eigenvalue weighted by Gasteiger charge is 2.30. The van der Waals surface area contributed by atoms with Crippen molar-refractivity contribution >= 4 is 11.7 Å². The zero-order valence-electron chi connectivity index (χ0n) is 15.4. The second-order valence-corrected chi connectivity index (χ2v) is 6.22. The number of hydrogen-bond donors (Lipinski definition) is 2. The van der Waals surface area contributed by atoms with Crippen molar-refractivity contribution in [2.75, 3.05) is 18.4 Å². The van der Waals surface area contributed by atoms with Gasteiger partial charge < -0.3 is 10.6 Å². The van der Waals surface area contributed by atoms with E-state index in [0.29, 0.717) is 12.4 Å². The first-order valence-electron chi connectivity index (χ1n) is 8.70. The van der Waals surface area contributed by atoms with E-state index in [0.717, 1.165) is 23.4 Å². The van der Waals surface area contributed by atoms with Gasteiger partial charge >= 0.3 is 6.18 Å². The highest BCUT2D eigenvalue weighted by molar-refractivity contribution is 5.75. The summed E-state index contributed by atoms with van der Waals surface area (Å²) in [6.45, 7) is 2.42. The van der Waals surface area contributed by atoms with Gasteiger partial charge in [-0.05, 0) is 24.3 Å². The average molecular weight is 405 g/mol. The lowest BCUT2D eigenvalue weighted by molar-refractivity contribution is -0.137. The van der Waals surface area contributed by atoms with E-state index in [4.69, 9.17) is 0 Å². The van der Waals surface area contributed by atoms with Gasteiger partial charge in [-0.3, -0.25) is 4.79 Å². The van der Waals surface area contributed by atoms with Crippen LogP contribution in [-0.2, 0) is 17.5 Å². The summed E-state index contributed by atoms with van der Waals surface area (Å²) in [5.41, 5.74) is 1.10. The molecule has 1 aromatic carbocycles. The normalized spacial score (nSPS) is 11.3. The number of nitrogens with one attached hydrogen (secondary N) is 2. The van der Waals surface area contributed by atoms with E-state index in [1.807, 2.05) is 31.2 Å². The summed E-state index contributed by atoms with van der Waals surface area (Å²) in [6.07, 6.45) is -3.67. The Morgan fingerprint density at radius 2 is 1.86 bits per heavy atom. The number of carbonyl (C=O) groups excluding carboxylic acids is 1. The predicted octanol–water partition coefficient (Wildman–Crippen LogP) is 2.29. The highest BCUT2D eigenvalue weighted by atomic mass is 19.4. The lowest BCUT2D eigenvalue weighted by Gasteiger charge is -2.09. The number of pyridine rings is 1. The molecule has 0 saturated heterocycles. The van der Waals surface area contributed by atoms with Crippen LogP contribution in [0.15, 0.2) is 42.6 Å². The molecule has 0 atom stereocenters. The van der Waals surface area contributed by atoms with Crippen molar-refractivity contribution in [3.8, 4) is 11.4 Å². The fourth-order valence-electron chi connectivity index (χ4n) is 2.37. The maximum Gasteiger partial charge on any atom is 0.417 e. The summed E-state index contributed by atoms with van der Waals surface area (Å²) in [7, 11) is 0. The van der Waals surface area contributed by atoms with Gasteiger partial charge in [0.2, 0.25) is 11.7 Å². The molecule has 8 nitrogen and oxygen atoms in total. The molecule has 152 valence electrons. The Bertz CT molecular complexity index is 953. The summed E-state index contributed by atoms with van der Waals surface area (Å²) < 4.78 is 37.5. The van der Waals surface area contributed by atoms with E-state index in [1.54, 1.807) is 0 Å². The molecule has 0 aliphatic rings. The molecule has 2 N–H and O–H groups in total. The first-order chi connectivity index (χ1) is 13.8. The molecule has 0 bridgehead atoms. The third-order valence-corrected chi connectivity index (χ3v) is 3.89. The first kappa shape index (κ1) is 20.2. The first-order valence-corrected chi connectivity index (χ1v) is 8.70. The summed E-state index contributed by atoms with van der Waals surface area (Å²) in [6, 6.07) is 9.78. The Hall–Kier alpha value is -3.50. The van der Waals surface area contributed by atoms with Crippen LogP contribution >= 0.6 is 0 Å². The molecule has 11 heteroatoms. The van der Waals surface area contributed by atoms with Crippen molar-refractivity contribution in [1.29, 1.82) is 0 Å². The van der Waals surface area contributed by atoms with Crippen LogP contribution in [0.25, 0.3) is 11.4 Å². The SMILES string of the molecule is Cc1ccc(-c2nnn(CC(=O)NCCNc3ccc(C(F)(F)F)cn3)n2)cc1. The fraction of sp³-hybridized carbons (Fsp3) is 0.278. The van der Waals surface area contributed by atoms with Crippen molar-refractivity contribution in [1.82, 2.24) is 30.5 Å². The molecule has 2 aromatic heterocycles. The van der Waals surface area contributed by atoms with Crippen LogP contribution in [0, 0.1) is 6.92 Å². The molecule has 3 aromatic rings. The van der Waals surface area contributed by atoms with Crippen LogP contribution in [0.2, 0.25) is 0 Å². The van der Waals surface area contributed by atoms with Gasteiger partial charge in [0, 0.05) is 24.8 Å². The lowest BCUT2D eigenvalue weighted by Crippen LogP contribution is -2.32. The Morgan fingerprint density at radius 3 is 2.52 bits per heavy atom. The zero-order valence-corrected chi connectivity index (χ0v) is 15.4. The summed E-state index contributed by atoms with van der Waals surface area (Å²) in [5, 5.41) is 17.4. The summed E-state index contributed by atoms with van der Waals surface area (Å²) in [5.74, 6) is 0.390. The van der Waals surface area contributed by atoms with Gasteiger partial charge in [0.05, 0.1) is 5.56 Å². The number of rotatable bonds is 7. The van der Waals surface area contributed by atoms with Crippen molar-refractivity contribution in [2.24, 2.45) is 0 Å². The number of benzene rings is 1. The number of carbonyl (C=O) groups is 1. The van der Waals surface area contributed by atoms with Gasteiger partial charge in [0.1, 0.15) is 12.4 Å². The van der Waals surface area contributed by atoms with E-state index in [-0.39, 0.29) is 24.8 Å². The molecule has 0 aliphatic carbocycles. The van der Waals surface area contributed by atoms with Gasteiger partial charge in [0.15, 0.2) is 0 Å². The van der Waals surface area contributed by atoms with E-state index in [9.17, 15) is 18.0 Å². The molecular formula is C18H18F3N7O. The zero-order chi connectivity index (χ0) is 20.9. The second-order valence-electron chi connectivity index (χ2n) is 6.22. The van der Waals surface area contributed by atoms with Gasteiger partial charge in [-0.2, -0.15) is 18.0 Å². The number of aromatic nitrogens is 5. The fourth-order valence-corrected chi connectivity index (χ4v) is 2.37. The molecule has 0 spiro atoms. The van der Waals surface area contributed by atoms with Crippen LogP contribution in [0.1, 0.15) is 11.1 Å². The molecule has 29 heavy (non-hydrogen) atoms. The molecule has 1 amide bonds. The largest absolute Gasteiger partial charge is 0.417 e. The van der Waals surface area contributed by atoms with E-state index in [1.165, 1.54) is 10.9 Å². The second kappa shape index (κ2) is 8.67. The topological polar surface area (TPSA) is 97.6 Å². The third kappa shape index (κ3) is 5.74. The number of nitrogens with zero attached hydrogens (tertiary/aromatic N) is 5. The number of amides is 1. The average Bonchev–Trinajstić information content (AvgIpc) is 3.14. The van der Waals surface area contributed by atoms with Crippen LogP contribution in [0.5, 0.6) is 0 Å². The monoisotopic (exact) mass is 405 g/mol. The standard InChI is InChI=1S/C18H18F3N7O/c1-12-2-4-13(5-3-12)17-25-27-28(26-17)11-16(29)23-9-8-22-15-7-6-14(10-24-15)18(19,20)21/h2-7,10H,8-9,11H2,1H3,(H,22,24)(H,23,29). The van der Waals surface area contributed by atoms with Crippen LogP contribution < -0.4 is 10.6 Å². The number of aryl methyl sites for hydroxylation is 1. The van der Waals surface area contributed by atoms with Crippen LogP contribution in [0.3, 0.4) is 0 Å². The smallest absolute Gasteiger partial charge is 0.368 e. The molecule has 0 fully saturated rings. The maximum atomic E-state index is 12.5. The molecule has 0 aliphatic heterocycles. The van der Waals surface area contributed by atoms with Gasteiger partial charge in [-0.1, -0.05) is 29.8 Å². The minimum absolute atomic E-state index is 0.0998. The number of hydrogen-bond acceptors (Lipinski definition) is 6. The maximum absolute atomic E-state index is 12.5. The van der Waals surface area contributed by atoms with E-state index in [2.05, 4.69) is 31.0 Å². The molecule has 3 rings (SSSR count). The molecule has 0 radical (unpaired) electrons. The lowest BCUT2D eigenvalue weighted by atomic mass is 10.1. The number of alkyl halides is 3. The predicted molar refractivity (Wildman–Crippen MR) is 98.7 cm³/mol.